The van der Waals surface area contributed by atoms with Crippen LogP contribution in [0.5, 0.6) is 0 Å². The van der Waals surface area contributed by atoms with E-state index in [1.54, 1.807) is 35.3 Å². The zero-order valence-electron chi connectivity index (χ0n) is 17.5. The summed E-state index contributed by atoms with van der Waals surface area (Å²) >= 11 is 0. The molecule has 0 aliphatic carbocycles. The van der Waals surface area contributed by atoms with Crippen LogP contribution in [0.3, 0.4) is 0 Å². The van der Waals surface area contributed by atoms with Crippen LogP contribution in [0.25, 0.3) is 5.69 Å². The van der Waals surface area contributed by atoms with Gasteiger partial charge in [0, 0.05) is 0 Å². The molecule has 0 fully saturated rings. The standard InChI is InChI=1S/C19H19N3O2S.C6H5F/c1-2-13-25(23,24)22(15-17-9-5-3-6-10-17)19-14-20-21(16-19)18-11-7-4-8-12-18;7-6-4-2-1-3-5-6/h2-12,14,16H,1,13,15H2;1-5H. The maximum atomic E-state index is 12.7. The van der Waals surface area contributed by atoms with Gasteiger partial charge in [0.25, 0.3) is 0 Å². The fourth-order valence-electron chi connectivity index (χ4n) is 2.92. The molecule has 0 radical (unpaired) electrons. The molecule has 3 aromatic carbocycles. The van der Waals surface area contributed by atoms with E-state index in [-0.39, 0.29) is 18.1 Å². The van der Waals surface area contributed by atoms with E-state index in [9.17, 15) is 12.8 Å². The van der Waals surface area contributed by atoms with Crippen LogP contribution in [0, 0.1) is 5.82 Å². The Morgan fingerprint density at radius 1 is 0.906 bits per heavy atom. The highest BCUT2D eigenvalue weighted by atomic mass is 32.2. The fraction of sp³-hybridized carbons (Fsp3) is 0.0800. The van der Waals surface area contributed by atoms with E-state index >= 15 is 0 Å². The highest BCUT2D eigenvalue weighted by molar-refractivity contribution is 7.92. The van der Waals surface area contributed by atoms with E-state index in [0.29, 0.717) is 5.69 Å². The molecule has 0 amide bonds. The van der Waals surface area contributed by atoms with Crippen molar-refractivity contribution in [2.24, 2.45) is 0 Å². The number of hydrogen-bond donors (Lipinski definition) is 0. The number of aromatic nitrogens is 2. The Bertz CT molecular complexity index is 1210. The normalized spacial score (nSPS) is 10.7. The average Bonchev–Trinajstić information content (AvgIpc) is 3.29. The summed E-state index contributed by atoms with van der Waals surface area (Å²) in [4.78, 5) is 0. The first-order valence-corrected chi connectivity index (χ1v) is 11.6. The molecule has 0 saturated carbocycles. The van der Waals surface area contributed by atoms with Crippen molar-refractivity contribution in [2.45, 2.75) is 6.54 Å². The van der Waals surface area contributed by atoms with E-state index in [2.05, 4.69) is 11.7 Å². The Hall–Kier alpha value is -3.71. The molecular formula is C25H24FN3O2S. The molecule has 1 aromatic heterocycles. The minimum Gasteiger partial charge on any atom is -0.262 e. The number of para-hydroxylation sites is 1. The quantitative estimate of drug-likeness (QED) is 0.364. The summed E-state index contributed by atoms with van der Waals surface area (Å²) in [5.74, 6) is -0.307. The first kappa shape index (κ1) is 23.0. The van der Waals surface area contributed by atoms with E-state index in [0.717, 1.165) is 11.3 Å². The first-order chi connectivity index (χ1) is 15.5. The third-order valence-corrected chi connectivity index (χ3v) is 6.11. The molecule has 164 valence electrons. The van der Waals surface area contributed by atoms with Gasteiger partial charge in [-0.25, -0.2) is 17.5 Å². The maximum absolute atomic E-state index is 12.7. The van der Waals surface area contributed by atoms with Crippen molar-refractivity contribution in [3.63, 3.8) is 0 Å². The molecule has 0 atom stereocenters. The smallest absolute Gasteiger partial charge is 0.239 e. The molecule has 0 bridgehead atoms. The van der Waals surface area contributed by atoms with Crippen LogP contribution in [-0.2, 0) is 16.6 Å². The molecule has 7 heteroatoms. The van der Waals surface area contributed by atoms with E-state index in [1.807, 2.05) is 60.7 Å². The summed E-state index contributed by atoms with van der Waals surface area (Å²) in [5, 5.41) is 4.31. The number of benzene rings is 3. The largest absolute Gasteiger partial charge is 0.262 e. The highest BCUT2D eigenvalue weighted by Crippen LogP contribution is 2.22. The molecule has 32 heavy (non-hydrogen) atoms. The van der Waals surface area contributed by atoms with Gasteiger partial charge in [-0.1, -0.05) is 72.8 Å². The van der Waals surface area contributed by atoms with Crippen LogP contribution in [-0.4, -0.2) is 24.0 Å². The maximum Gasteiger partial charge on any atom is 0.239 e. The lowest BCUT2D eigenvalue weighted by atomic mass is 10.2. The Morgan fingerprint density at radius 2 is 1.47 bits per heavy atom. The fourth-order valence-corrected chi connectivity index (χ4v) is 4.16. The SMILES string of the molecule is C=CCS(=O)(=O)N(Cc1ccccc1)c1cnn(-c2ccccc2)c1.Fc1ccccc1. The topological polar surface area (TPSA) is 55.2 Å². The summed E-state index contributed by atoms with van der Waals surface area (Å²) in [6, 6.07) is 27.0. The lowest BCUT2D eigenvalue weighted by molar-refractivity contribution is 0.593. The summed E-state index contributed by atoms with van der Waals surface area (Å²) in [7, 11) is -3.53. The van der Waals surface area contributed by atoms with Gasteiger partial charge in [-0.2, -0.15) is 5.10 Å². The molecule has 4 aromatic rings. The molecule has 0 unspecified atom stereocenters. The van der Waals surface area contributed by atoms with Crippen LogP contribution in [0.15, 0.2) is 116 Å². The van der Waals surface area contributed by atoms with Gasteiger partial charge in [-0.3, -0.25) is 4.31 Å². The van der Waals surface area contributed by atoms with Crippen molar-refractivity contribution in [2.75, 3.05) is 10.1 Å². The summed E-state index contributed by atoms with van der Waals surface area (Å²) in [6.45, 7) is 3.80. The molecule has 1 heterocycles. The van der Waals surface area contributed by atoms with Gasteiger partial charge in [0.05, 0.1) is 36.1 Å². The second kappa shape index (κ2) is 11.1. The van der Waals surface area contributed by atoms with Gasteiger partial charge in [-0.15, -0.1) is 6.58 Å². The third kappa shape index (κ3) is 6.39. The van der Waals surface area contributed by atoms with Gasteiger partial charge in [0.15, 0.2) is 0 Å². The zero-order chi connectivity index (χ0) is 22.8. The average molecular weight is 450 g/mol. The van der Waals surface area contributed by atoms with Crippen LogP contribution >= 0.6 is 0 Å². The molecular weight excluding hydrogens is 425 g/mol. The van der Waals surface area contributed by atoms with E-state index in [4.69, 9.17) is 0 Å². The number of hydrogen-bond acceptors (Lipinski definition) is 3. The summed E-state index contributed by atoms with van der Waals surface area (Å²) < 4.78 is 40.3. The molecule has 5 nitrogen and oxygen atoms in total. The Morgan fingerprint density at radius 3 is 2.00 bits per heavy atom. The number of sulfonamides is 1. The second-order valence-corrected chi connectivity index (χ2v) is 8.77. The highest BCUT2D eigenvalue weighted by Gasteiger charge is 2.23. The van der Waals surface area contributed by atoms with Gasteiger partial charge < -0.3 is 0 Å². The van der Waals surface area contributed by atoms with Gasteiger partial charge in [0.2, 0.25) is 10.0 Å². The zero-order valence-corrected chi connectivity index (χ0v) is 18.3. The van der Waals surface area contributed by atoms with E-state index in [1.165, 1.54) is 22.5 Å². The minimum atomic E-state index is -3.53. The Kier molecular flexibility index (Phi) is 7.94. The lowest BCUT2D eigenvalue weighted by Gasteiger charge is -2.22. The Labute approximate surface area is 188 Å². The van der Waals surface area contributed by atoms with Crippen molar-refractivity contribution in [1.82, 2.24) is 9.78 Å². The first-order valence-electron chi connectivity index (χ1n) is 9.95. The number of halogens is 1. The summed E-state index contributed by atoms with van der Waals surface area (Å²) in [5.41, 5.74) is 2.30. The predicted octanol–water partition coefficient (Wildman–Crippen LogP) is 5.22. The van der Waals surface area contributed by atoms with Crippen LogP contribution in [0.2, 0.25) is 0 Å². The molecule has 0 aliphatic rings. The van der Waals surface area contributed by atoms with Crippen LogP contribution < -0.4 is 4.31 Å². The van der Waals surface area contributed by atoms with E-state index < -0.39 is 10.0 Å². The number of nitrogens with zero attached hydrogens (tertiary/aromatic N) is 3. The van der Waals surface area contributed by atoms with Gasteiger partial charge >= 0.3 is 0 Å². The molecule has 4 rings (SSSR count). The van der Waals surface area contributed by atoms with Crippen LogP contribution in [0.1, 0.15) is 5.56 Å². The molecule has 0 N–H and O–H groups in total. The third-order valence-electron chi connectivity index (χ3n) is 4.44. The van der Waals surface area contributed by atoms with Gasteiger partial charge in [0.1, 0.15) is 5.82 Å². The molecule has 0 aliphatic heterocycles. The predicted molar refractivity (Wildman–Crippen MR) is 127 cm³/mol. The van der Waals surface area contributed by atoms with Crippen molar-refractivity contribution < 1.29 is 12.8 Å². The number of rotatable bonds is 7. The van der Waals surface area contributed by atoms with Crippen molar-refractivity contribution >= 4 is 15.7 Å². The van der Waals surface area contributed by atoms with Crippen molar-refractivity contribution in [3.8, 4) is 5.69 Å². The summed E-state index contributed by atoms with van der Waals surface area (Å²) in [6.07, 6.45) is 4.68. The molecule has 0 spiro atoms. The second-order valence-electron chi connectivity index (χ2n) is 6.83. The van der Waals surface area contributed by atoms with Crippen molar-refractivity contribution in [1.29, 1.82) is 0 Å². The van der Waals surface area contributed by atoms with Crippen LogP contribution in [0.4, 0.5) is 10.1 Å². The van der Waals surface area contributed by atoms with Crippen molar-refractivity contribution in [3.05, 3.63) is 127 Å². The Balaban J connectivity index is 0.000000352. The lowest BCUT2D eigenvalue weighted by Crippen LogP contribution is -2.31. The van der Waals surface area contributed by atoms with Gasteiger partial charge in [-0.05, 0) is 29.8 Å². The monoisotopic (exact) mass is 449 g/mol. The number of anilines is 1. The minimum absolute atomic E-state index is 0.129. The molecule has 0 saturated heterocycles.